The van der Waals surface area contributed by atoms with Gasteiger partial charge in [-0.05, 0) is 12.1 Å². The Morgan fingerprint density at radius 1 is 0.938 bits per heavy atom. The Morgan fingerprint density at radius 2 is 1.47 bits per heavy atom. The van der Waals surface area contributed by atoms with Gasteiger partial charge in [0.05, 0.1) is 0 Å². The van der Waals surface area contributed by atoms with Gasteiger partial charge < -0.3 is 24.8 Å². The number of halogens is 4. The van der Waals surface area contributed by atoms with Gasteiger partial charge in [0.1, 0.15) is 11.6 Å². The number of hydrogen-bond donors (Lipinski definition) is 0. The molecule has 0 saturated heterocycles. The fourth-order valence-corrected chi connectivity index (χ4v) is 3.29. The molecule has 0 heterocycles. The molecule has 170 valence electrons. The minimum absolute atomic E-state index is 0. The Labute approximate surface area is 218 Å². The Bertz CT molecular complexity index is 1090. The molecule has 0 spiro atoms. The van der Waals surface area contributed by atoms with Crippen LogP contribution in [0.25, 0.3) is 21.9 Å². The number of benzene rings is 2. The summed E-state index contributed by atoms with van der Waals surface area (Å²) in [5, 5.41) is 1.86. The van der Waals surface area contributed by atoms with Gasteiger partial charge in [0.15, 0.2) is 0 Å². The second-order valence-electron chi connectivity index (χ2n) is 7.73. The molecule has 0 aliphatic heterocycles. The third kappa shape index (κ3) is 8.13. The number of fused-ring (bicyclic) bond motifs is 1. The van der Waals surface area contributed by atoms with Gasteiger partial charge >= 0.3 is 41.9 Å². The molecule has 32 heavy (non-hydrogen) atoms. The molecule has 1 unspecified atom stereocenters. The van der Waals surface area contributed by atoms with E-state index in [0.717, 1.165) is 10.8 Å². The van der Waals surface area contributed by atoms with Crippen LogP contribution in [0.15, 0.2) is 71.3 Å². The molecule has 0 radical (unpaired) electrons. The van der Waals surface area contributed by atoms with E-state index in [9.17, 15) is 8.78 Å². The third-order valence-electron chi connectivity index (χ3n) is 5.15. The predicted octanol–water partition coefficient (Wildman–Crippen LogP) is 2.02. The zero-order valence-corrected chi connectivity index (χ0v) is 24.3. The van der Waals surface area contributed by atoms with Crippen LogP contribution in [0.5, 0.6) is 0 Å². The summed E-state index contributed by atoms with van der Waals surface area (Å²) in [5.41, 5.74) is 5.11. The number of allylic oxidation sites excluding steroid dienone is 4. The molecule has 0 amide bonds. The van der Waals surface area contributed by atoms with Crippen molar-refractivity contribution in [2.75, 3.05) is 0 Å². The van der Waals surface area contributed by atoms with E-state index in [0.29, 0.717) is 11.5 Å². The molecule has 1 aliphatic carbocycles. The summed E-state index contributed by atoms with van der Waals surface area (Å²) >= 11 is 1.74. The van der Waals surface area contributed by atoms with Gasteiger partial charge in [0.25, 0.3) is 0 Å². The van der Waals surface area contributed by atoms with Crippen LogP contribution in [-0.4, -0.2) is 5.43 Å². The average Bonchev–Trinajstić information content (AvgIpc) is 3.19. The van der Waals surface area contributed by atoms with Crippen LogP contribution >= 0.6 is 0 Å². The summed E-state index contributed by atoms with van der Waals surface area (Å²) in [5.74, 6) is -0.493. The molecule has 1 atom stereocenters. The van der Waals surface area contributed by atoms with Gasteiger partial charge in [0.2, 0.25) is 0 Å². The van der Waals surface area contributed by atoms with Gasteiger partial charge in [-0.15, -0.1) is 53.6 Å². The van der Waals surface area contributed by atoms with Crippen molar-refractivity contribution in [3.63, 3.8) is 0 Å². The summed E-state index contributed by atoms with van der Waals surface area (Å²) in [7, 11) is 0. The monoisotopic (exact) mass is 566 g/mol. The maximum absolute atomic E-state index is 13.7. The Hall–Kier alpha value is -0.930. The maximum Gasteiger partial charge on any atom is 0.123 e. The molecule has 0 fully saturated rings. The predicted molar refractivity (Wildman–Crippen MR) is 122 cm³/mol. The van der Waals surface area contributed by atoms with E-state index >= 15 is 0 Å². The molecule has 3 aromatic rings. The summed E-state index contributed by atoms with van der Waals surface area (Å²) in [6.07, 6.45) is 3.36. The van der Waals surface area contributed by atoms with Crippen molar-refractivity contribution in [3.8, 4) is 11.1 Å². The molecule has 0 N–H and O–H groups in total. The maximum atomic E-state index is 13.7. The Morgan fingerprint density at radius 3 is 1.91 bits per heavy atom. The van der Waals surface area contributed by atoms with E-state index in [1.165, 1.54) is 34.9 Å². The first-order valence-corrected chi connectivity index (χ1v) is 16.2. The fourth-order valence-electron chi connectivity index (χ4n) is 3.29. The zero-order chi connectivity index (χ0) is 22.4. The average molecular weight is 569 g/mol. The van der Waals surface area contributed by atoms with Gasteiger partial charge in [-0.1, -0.05) is 38.8 Å². The van der Waals surface area contributed by atoms with E-state index in [-0.39, 0.29) is 35.8 Å². The molecule has 4 rings (SSSR count). The van der Waals surface area contributed by atoms with Crippen LogP contribution in [0.2, 0.25) is 13.1 Å². The molecule has 0 bridgehead atoms. The van der Waals surface area contributed by atoms with Crippen molar-refractivity contribution in [3.05, 3.63) is 89.0 Å². The molecule has 1 aliphatic rings. The Kier molecular flexibility index (Phi) is 13.9. The smallest absolute Gasteiger partial charge is 0.123 e. The first kappa shape index (κ1) is 31.1. The fraction of sp³-hybridized carbons (Fsp3) is 0.269. The van der Waals surface area contributed by atoms with E-state index in [2.05, 4.69) is 46.9 Å². The van der Waals surface area contributed by atoms with Gasteiger partial charge in [-0.25, -0.2) is 14.4 Å². The van der Waals surface area contributed by atoms with Crippen LogP contribution in [0.3, 0.4) is 0 Å². The molecule has 6 heteroatoms. The number of rotatable bonds is 1. The largest absolute Gasteiger partial charge is 1.00 e. The number of hydrogen-bond acceptors (Lipinski definition) is 0. The van der Waals surface area contributed by atoms with Crippen LogP contribution in [0, 0.1) is 23.6 Å². The van der Waals surface area contributed by atoms with Crippen molar-refractivity contribution >= 4 is 16.2 Å². The summed E-state index contributed by atoms with van der Waals surface area (Å²) in [6.45, 7) is 13.3. The van der Waals surface area contributed by atoms with Crippen LogP contribution < -0.4 is 24.8 Å². The minimum atomic E-state index is -0.527. The summed E-state index contributed by atoms with van der Waals surface area (Å²) < 4.78 is 27.4. The molecular weight excluding hydrogens is 540 g/mol. The Balaban J connectivity index is 0.000000547. The van der Waals surface area contributed by atoms with E-state index < -0.39 is 11.6 Å². The van der Waals surface area contributed by atoms with Crippen LogP contribution in [0.1, 0.15) is 27.7 Å². The second kappa shape index (κ2) is 14.4. The van der Waals surface area contributed by atoms with Crippen molar-refractivity contribution in [1.82, 2.24) is 0 Å². The van der Waals surface area contributed by atoms with E-state index in [4.69, 9.17) is 0 Å². The van der Waals surface area contributed by atoms with Crippen molar-refractivity contribution in [1.29, 1.82) is 0 Å². The van der Waals surface area contributed by atoms with Gasteiger partial charge in [0, 0.05) is 5.56 Å². The van der Waals surface area contributed by atoms with Crippen molar-refractivity contribution in [2.24, 2.45) is 5.92 Å². The molecule has 0 nitrogen and oxygen atoms in total. The minimum Gasteiger partial charge on any atom is -1.00 e. The summed E-state index contributed by atoms with van der Waals surface area (Å²) in [6, 6.07) is 15.1. The topological polar surface area (TPSA) is 0 Å². The molecule has 0 saturated carbocycles. The van der Waals surface area contributed by atoms with Gasteiger partial charge in [-0.2, -0.15) is 11.1 Å². The van der Waals surface area contributed by atoms with Crippen molar-refractivity contribution in [2.45, 2.75) is 40.8 Å². The van der Waals surface area contributed by atoms with Crippen molar-refractivity contribution < 1.29 is 56.9 Å². The van der Waals surface area contributed by atoms with Crippen LogP contribution in [-0.2, 0) is 23.3 Å². The van der Waals surface area contributed by atoms with E-state index in [1.54, 1.807) is 29.4 Å². The molecule has 0 aromatic heterocycles. The first-order valence-electron chi connectivity index (χ1n) is 10.0. The first-order chi connectivity index (χ1) is 14.1. The van der Waals surface area contributed by atoms with Crippen LogP contribution in [0.4, 0.5) is 8.78 Å². The van der Waals surface area contributed by atoms with E-state index in [1.807, 2.05) is 30.3 Å². The SMILES string of the molecule is CC1=[C-]C(C)C(C)=C1C.C[Si](C)=[Zr+2].Fc1cccc(F)c1-c1c[cH-]c2ccccc12.[Cl-].[Cl-]. The zero-order valence-electron chi connectivity index (χ0n) is 19.3. The summed E-state index contributed by atoms with van der Waals surface area (Å²) in [4.78, 5) is 0. The molecular formula is C26H28Cl2F2SiZr-2. The second-order valence-corrected chi connectivity index (χ2v) is 17.1. The standard InChI is InChI=1S/C15H9F2.C9H13.C2H6Si.2ClH.Zr/c16-13-6-3-7-14(17)15(13)12-9-8-10-4-1-2-5-11(10)12;1-6-5-7(2)9(4)8(6)3;1-3-2;;;/h1-9H;6H,1-4H3;1-2H3;2*1H;/q2*-1;;;;+2/p-2. The molecule has 3 aromatic carbocycles. The third-order valence-corrected chi connectivity index (χ3v) is 5.15. The quantitative estimate of drug-likeness (QED) is 0.312. The normalized spacial score (nSPS) is 14.3. The van der Waals surface area contributed by atoms with Gasteiger partial charge in [-0.3, -0.25) is 6.08 Å².